The molecule has 0 unspecified atom stereocenters. The van der Waals surface area contributed by atoms with Gasteiger partial charge in [0.25, 0.3) is 0 Å². The Kier molecular flexibility index (Phi) is 8.97. The number of nitrogens with one attached hydrogen (secondary N) is 3. The van der Waals surface area contributed by atoms with Crippen LogP contribution in [0.2, 0.25) is 0 Å². The summed E-state index contributed by atoms with van der Waals surface area (Å²) in [5, 5.41) is 8.39. The molecule has 1 aliphatic rings. The zero-order valence-corrected chi connectivity index (χ0v) is 22.4. The fraction of sp³-hybridized carbons (Fsp3) is 0.233. The third-order valence-corrected chi connectivity index (χ3v) is 6.23. The fourth-order valence-electron chi connectivity index (χ4n) is 4.25. The Morgan fingerprint density at radius 1 is 1.00 bits per heavy atom. The van der Waals surface area contributed by atoms with Crippen LogP contribution < -0.4 is 25.4 Å². The van der Waals surface area contributed by atoms with E-state index >= 15 is 0 Å². The smallest absolute Gasteiger partial charge is 0.407 e. The van der Waals surface area contributed by atoms with Gasteiger partial charge in [-0.25, -0.2) is 14.6 Å². The quantitative estimate of drug-likeness (QED) is 0.229. The molecule has 5 rings (SSSR count). The van der Waals surface area contributed by atoms with Crippen molar-refractivity contribution in [3.8, 4) is 22.8 Å². The molecule has 11 nitrogen and oxygen atoms in total. The van der Waals surface area contributed by atoms with Crippen LogP contribution >= 0.6 is 0 Å². The predicted octanol–water partition coefficient (Wildman–Crippen LogP) is 5.59. The number of oxazole rings is 1. The first-order valence-electron chi connectivity index (χ1n) is 13.0. The van der Waals surface area contributed by atoms with Crippen molar-refractivity contribution in [2.75, 3.05) is 31.0 Å². The van der Waals surface area contributed by atoms with Crippen LogP contribution in [0.4, 0.5) is 21.0 Å². The number of amides is 3. The highest BCUT2D eigenvalue weighted by Crippen LogP contribution is 2.32. The Morgan fingerprint density at radius 2 is 1.85 bits per heavy atom. The van der Waals surface area contributed by atoms with Gasteiger partial charge >= 0.3 is 12.1 Å². The number of aromatic nitrogens is 1. The topological polar surface area (TPSA) is 133 Å². The number of methoxy groups -OCH3 is 1. The van der Waals surface area contributed by atoms with Gasteiger partial charge in [0.1, 0.15) is 24.2 Å². The largest absolute Gasteiger partial charge is 0.496 e. The number of anilines is 2. The van der Waals surface area contributed by atoms with E-state index in [0.717, 1.165) is 5.56 Å². The maximum Gasteiger partial charge on any atom is 0.407 e. The van der Waals surface area contributed by atoms with E-state index in [2.05, 4.69) is 20.9 Å². The summed E-state index contributed by atoms with van der Waals surface area (Å²) in [5.74, 6) is 1.59. The van der Waals surface area contributed by atoms with E-state index in [9.17, 15) is 9.59 Å². The normalized spacial score (nSPS) is 14.2. The van der Waals surface area contributed by atoms with Crippen molar-refractivity contribution in [3.63, 3.8) is 0 Å². The monoisotopic (exact) mass is 558 g/mol. The molecule has 3 aromatic carbocycles. The molecule has 3 amide bonds. The second-order valence-corrected chi connectivity index (χ2v) is 9.24. The van der Waals surface area contributed by atoms with Crippen molar-refractivity contribution in [1.29, 1.82) is 0 Å². The van der Waals surface area contributed by atoms with Crippen LogP contribution in [0.15, 0.2) is 83.7 Å². The second-order valence-electron chi connectivity index (χ2n) is 9.24. The molecule has 0 spiro atoms. The van der Waals surface area contributed by atoms with Gasteiger partial charge in [0.05, 0.1) is 32.1 Å². The number of nitrogens with zero attached hydrogens (tertiary/aromatic N) is 1. The minimum absolute atomic E-state index is 0.172. The van der Waals surface area contributed by atoms with Gasteiger partial charge in [-0.05, 0) is 35.4 Å². The maximum absolute atomic E-state index is 12.9. The van der Waals surface area contributed by atoms with Gasteiger partial charge in [-0.3, -0.25) is 0 Å². The van der Waals surface area contributed by atoms with Gasteiger partial charge in [-0.2, -0.15) is 0 Å². The number of rotatable bonds is 10. The standard InChI is InChI=1S/C30H30N4O7/c1-37-27-14-22(7-8-26(27)28-16-31-19-40-28)33-29(35)34-23-11-21(15-32-30(36)41-24-9-10-38-18-24)12-25(13-23)39-17-20-5-3-2-4-6-20/h2-8,11-14,16,19,24H,9-10,15,17-18H2,1H3,(H,32,36)(H2,33,34,35)/t24-/m0/s1. The van der Waals surface area contributed by atoms with Gasteiger partial charge in [0.15, 0.2) is 12.2 Å². The zero-order chi connectivity index (χ0) is 28.4. The first-order valence-corrected chi connectivity index (χ1v) is 13.0. The molecular weight excluding hydrogens is 528 g/mol. The zero-order valence-electron chi connectivity index (χ0n) is 22.4. The number of benzene rings is 3. The Morgan fingerprint density at radius 3 is 2.61 bits per heavy atom. The van der Waals surface area contributed by atoms with E-state index in [-0.39, 0.29) is 12.6 Å². The summed E-state index contributed by atoms with van der Waals surface area (Å²) in [6, 6.07) is 19.7. The molecule has 1 fully saturated rings. The molecular formula is C30H30N4O7. The van der Waals surface area contributed by atoms with Crippen LogP contribution in [0.1, 0.15) is 17.5 Å². The van der Waals surface area contributed by atoms with E-state index in [4.69, 9.17) is 23.4 Å². The molecule has 11 heteroatoms. The molecule has 2 heterocycles. The van der Waals surface area contributed by atoms with Crippen molar-refractivity contribution >= 4 is 23.5 Å². The van der Waals surface area contributed by atoms with Crippen LogP contribution in [0.5, 0.6) is 11.5 Å². The number of carbonyl (C=O) groups excluding carboxylic acids is 2. The van der Waals surface area contributed by atoms with Crippen LogP contribution in [-0.2, 0) is 22.6 Å². The molecule has 1 atom stereocenters. The third kappa shape index (κ3) is 7.76. The minimum Gasteiger partial charge on any atom is -0.496 e. The lowest BCUT2D eigenvalue weighted by atomic mass is 10.1. The van der Waals surface area contributed by atoms with E-state index in [0.29, 0.717) is 66.0 Å². The summed E-state index contributed by atoms with van der Waals surface area (Å²) in [6.07, 6.45) is 2.81. The first-order chi connectivity index (χ1) is 20.1. The van der Waals surface area contributed by atoms with E-state index in [1.165, 1.54) is 13.5 Å². The van der Waals surface area contributed by atoms with Crippen molar-refractivity contribution < 1.29 is 33.0 Å². The maximum atomic E-state index is 12.9. The molecule has 1 saturated heterocycles. The molecule has 0 saturated carbocycles. The van der Waals surface area contributed by atoms with E-state index in [1.54, 1.807) is 42.6 Å². The lowest BCUT2D eigenvalue weighted by molar-refractivity contribution is 0.0828. The average molecular weight is 559 g/mol. The molecule has 1 aliphatic heterocycles. The fourth-order valence-corrected chi connectivity index (χ4v) is 4.25. The number of hydrogen-bond donors (Lipinski definition) is 3. The Hall–Kier alpha value is -5.03. The van der Waals surface area contributed by atoms with Gasteiger partial charge < -0.3 is 39.3 Å². The first kappa shape index (κ1) is 27.5. The van der Waals surface area contributed by atoms with Gasteiger partial charge in [-0.15, -0.1) is 0 Å². The summed E-state index contributed by atoms with van der Waals surface area (Å²) in [6.45, 7) is 1.48. The van der Waals surface area contributed by atoms with E-state index in [1.807, 2.05) is 30.3 Å². The third-order valence-electron chi connectivity index (χ3n) is 6.23. The molecule has 1 aromatic heterocycles. The lowest BCUT2D eigenvalue weighted by Crippen LogP contribution is -2.28. The summed E-state index contributed by atoms with van der Waals surface area (Å²) in [4.78, 5) is 29.1. The van der Waals surface area contributed by atoms with E-state index < -0.39 is 12.1 Å². The highest BCUT2D eigenvalue weighted by molar-refractivity contribution is 6.00. The number of alkyl carbamates (subject to hydrolysis) is 1. The van der Waals surface area contributed by atoms with Gasteiger partial charge in [-0.1, -0.05) is 30.3 Å². The average Bonchev–Trinajstić information content (AvgIpc) is 3.70. The molecule has 212 valence electrons. The molecule has 0 bridgehead atoms. The highest BCUT2D eigenvalue weighted by Gasteiger charge is 2.20. The Balaban J connectivity index is 1.27. The van der Waals surface area contributed by atoms with Crippen LogP contribution in [-0.4, -0.2) is 43.5 Å². The lowest BCUT2D eigenvalue weighted by Gasteiger charge is -2.15. The molecule has 3 N–H and O–H groups in total. The number of carbonyl (C=O) groups is 2. The summed E-state index contributed by atoms with van der Waals surface area (Å²) >= 11 is 0. The van der Waals surface area contributed by atoms with Crippen molar-refractivity contribution in [1.82, 2.24) is 10.3 Å². The summed E-state index contributed by atoms with van der Waals surface area (Å²) in [5.41, 5.74) is 3.40. The molecule has 0 radical (unpaired) electrons. The molecule has 0 aliphatic carbocycles. The molecule has 41 heavy (non-hydrogen) atoms. The van der Waals surface area contributed by atoms with Crippen molar-refractivity contribution in [2.24, 2.45) is 0 Å². The summed E-state index contributed by atoms with van der Waals surface area (Å²) in [7, 11) is 1.53. The van der Waals surface area contributed by atoms with Gasteiger partial charge in [0.2, 0.25) is 0 Å². The Labute approximate surface area is 236 Å². The van der Waals surface area contributed by atoms with Crippen LogP contribution in [0, 0.1) is 0 Å². The number of urea groups is 1. The predicted molar refractivity (Wildman–Crippen MR) is 151 cm³/mol. The number of hydrogen-bond acceptors (Lipinski definition) is 8. The van der Waals surface area contributed by atoms with Crippen LogP contribution in [0.25, 0.3) is 11.3 Å². The highest BCUT2D eigenvalue weighted by atomic mass is 16.6. The Bertz CT molecular complexity index is 1460. The SMILES string of the molecule is COc1cc(NC(=O)Nc2cc(CNC(=O)O[C@H]3CCOC3)cc(OCc3ccccc3)c2)ccc1-c1cnco1. The number of ether oxygens (including phenoxy) is 4. The molecule has 4 aromatic rings. The van der Waals surface area contributed by atoms with Crippen molar-refractivity contribution in [3.05, 3.63) is 90.4 Å². The van der Waals surface area contributed by atoms with Gasteiger partial charge in [0, 0.05) is 36.5 Å². The second kappa shape index (κ2) is 13.4. The van der Waals surface area contributed by atoms with Crippen molar-refractivity contribution in [2.45, 2.75) is 25.7 Å². The van der Waals surface area contributed by atoms with Crippen LogP contribution in [0.3, 0.4) is 0 Å². The minimum atomic E-state index is -0.536. The summed E-state index contributed by atoms with van der Waals surface area (Å²) < 4.78 is 27.5.